The summed E-state index contributed by atoms with van der Waals surface area (Å²) in [5, 5.41) is 2.30. The molecule has 6 nitrogen and oxygen atoms in total. The zero-order valence-electron chi connectivity index (χ0n) is 39.4. The van der Waals surface area contributed by atoms with Gasteiger partial charge in [-0.3, -0.25) is 0 Å². The molecule has 338 valence electrons. The average Bonchev–Trinajstić information content (AvgIpc) is 3.84. The first-order valence-corrected chi connectivity index (χ1v) is 24.4. The number of anilines is 3. The van der Waals surface area contributed by atoms with Crippen molar-refractivity contribution in [3.05, 3.63) is 168 Å². The first kappa shape index (κ1) is 44.5. The minimum Gasteiger partial charge on any atom is -0.494 e. The summed E-state index contributed by atoms with van der Waals surface area (Å²) >= 11 is 0. The minimum atomic E-state index is 0.0923. The number of rotatable bonds is 21. The minimum absolute atomic E-state index is 0.0923. The molecule has 1 aliphatic carbocycles. The molecule has 0 N–H and O–H groups in total. The number of fused-ring (bicyclic) bond motifs is 6. The van der Waals surface area contributed by atoms with Crippen molar-refractivity contribution in [2.45, 2.75) is 91.9 Å². The normalized spacial score (nSPS) is 12.1. The van der Waals surface area contributed by atoms with E-state index >= 15 is 0 Å². The van der Waals surface area contributed by atoms with E-state index in [4.69, 9.17) is 18.9 Å². The maximum atomic E-state index is 6.23. The molecule has 0 saturated carbocycles. The molecule has 0 saturated heterocycles. The molecule has 0 fully saturated rings. The molecule has 0 spiro atoms. The molecule has 1 aromatic heterocycles. The number of aromatic nitrogens is 1. The van der Waals surface area contributed by atoms with Gasteiger partial charge in [-0.1, -0.05) is 95.3 Å². The van der Waals surface area contributed by atoms with Crippen LogP contribution in [0.15, 0.2) is 146 Å². The van der Waals surface area contributed by atoms with Crippen molar-refractivity contribution in [3.63, 3.8) is 0 Å². The van der Waals surface area contributed by atoms with Crippen molar-refractivity contribution in [3.8, 4) is 39.8 Å². The molecule has 7 aromatic carbocycles. The first-order valence-electron chi connectivity index (χ1n) is 24.4. The molecule has 1 heterocycles. The van der Waals surface area contributed by atoms with E-state index in [2.05, 4.69) is 190 Å². The fraction of sp³-hybridized carbons (Fsp3) is 0.300. The van der Waals surface area contributed by atoms with E-state index in [1.165, 1.54) is 33.4 Å². The highest BCUT2D eigenvalue weighted by atomic mass is 16.5. The van der Waals surface area contributed by atoms with E-state index in [0.29, 0.717) is 13.2 Å². The third-order valence-corrected chi connectivity index (χ3v) is 12.9. The number of unbranched alkanes of at least 4 members (excludes halogenated alkanes) is 4. The predicted molar refractivity (Wildman–Crippen MR) is 275 cm³/mol. The van der Waals surface area contributed by atoms with Crippen LogP contribution in [0.4, 0.5) is 17.1 Å². The van der Waals surface area contributed by atoms with Crippen LogP contribution in [-0.2, 0) is 0 Å². The molecule has 0 unspecified atom stereocenters. The molecule has 1 aliphatic rings. The standard InChI is InChI=1S/C60H64N2O4/c1-6-10-34-63-48-26-30-52-54(38-48)55-39-49(64-35-11-7-2)27-31-53(55)60(52)43-16-20-45(21-17-43)61(44-18-14-42(5)15-19-44)46-22-24-47(25-23-46)62-58-32-28-50(65-36-12-8-3)40-56(58)57-41-51(29-33-59(57)62)66-37-13-9-4/h14-33,38-41,60H,6-13,34-37H2,1-5H3. The van der Waals surface area contributed by atoms with E-state index in [1.54, 1.807) is 0 Å². The number of aryl methyl sites for hydroxylation is 1. The molecule has 0 aliphatic heterocycles. The van der Waals surface area contributed by atoms with Gasteiger partial charge in [-0.15, -0.1) is 0 Å². The monoisotopic (exact) mass is 876 g/mol. The van der Waals surface area contributed by atoms with Gasteiger partial charge in [0.15, 0.2) is 0 Å². The Morgan fingerprint density at radius 2 is 0.803 bits per heavy atom. The Hall–Kier alpha value is -6.66. The second kappa shape index (κ2) is 20.7. The molecule has 0 amide bonds. The summed E-state index contributed by atoms with van der Waals surface area (Å²) in [6.07, 6.45) is 8.54. The van der Waals surface area contributed by atoms with Crippen LogP contribution in [0.25, 0.3) is 38.6 Å². The van der Waals surface area contributed by atoms with Gasteiger partial charge in [0.05, 0.1) is 37.5 Å². The lowest BCUT2D eigenvalue weighted by Crippen LogP contribution is -2.10. The number of ether oxygens (including phenoxy) is 4. The smallest absolute Gasteiger partial charge is 0.120 e. The summed E-state index contributed by atoms with van der Waals surface area (Å²) in [4.78, 5) is 2.36. The lowest BCUT2D eigenvalue weighted by molar-refractivity contribution is 0.309. The van der Waals surface area contributed by atoms with Crippen molar-refractivity contribution < 1.29 is 18.9 Å². The predicted octanol–water partition coefficient (Wildman–Crippen LogP) is 16.4. The third-order valence-electron chi connectivity index (χ3n) is 12.9. The lowest BCUT2D eigenvalue weighted by atomic mass is 9.89. The number of nitrogens with zero attached hydrogens (tertiary/aromatic N) is 2. The van der Waals surface area contributed by atoms with Gasteiger partial charge in [-0.05, 0) is 170 Å². The molecular weight excluding hydrogens is 813 g/mol. The summed E-state index contributed by atoms with van der Waals surface area (Å²) < 4.78 is 27.2. The third kappa shape index (κ3) is 9.37. The summed E-state index contributed by atoms with van der Waals surface area (Å²) in [6.45, 7) is 13.8. The van der Waals surface area contributed by atoms with Crippen LogP contribution in [0.1, 0.15) is 107 Å². The SMILES string of the molecule is CCCCOc1ccc2c(c1)-c1cc(OCCCC)ccc1C2c1ccc(N(c2ccc(C)cc2)c2ccc(-n3c4ccc(OCCCC)cc4c4cc(OCCCC)ccc43)cc2)cc1. The van der Waals surface area contributed by atoms with Crippen LogP contribution >= 0.6 is 0 Å². The van der Waals surface area contributed by atoms with Gasteiger partial charge in [-0.2, -0.15) is 0 Å². The Balaban J connectivity index is 1.07. The number of hydrogen-bond donors (Lipinski definition) is 0. The summed E-state index contributed by atoms with van der Waals surface area (Å²) in [6, 6.07) is 53.2. The molecule has 0 atom stereocenters. The van der Waals surface area contributed by atoms with Crippen LogP contribution in [0.3, 0.4) is 0 Å². The summed E-state index contributed by atoms with van der Waals surface area (Å²) in [7, 11) is 0. The van der Waals surface area contributed by atoms with Gasteiger partial charge >= 0.3 is 0 Å². The van der Waals surface area contributed by atoms with Crippen molar-refractivity contribution in [2.75, 3.05) is 31.3 Å². The molecule has 8 aromatic rings. The summed E-state index contributed by atoms with van der Waals surface area (Å²) in [5.74, 6) is 3.72. The van der Waals surface area contributed by atoms with E-state index in [9.17, 15) is 0 Å². The second-order valence-corrected chi connectivity index (χ2v) is 17.7. The van der Waals surface area contributed by atoms with Crippen molar-refractivity contribution in [2.24, 2.45) is 0 Å². The zero-order chi connectivity index (χ0) is 45.4. The highest BCUT2D eigenvalue weighted by Gasteiger charge is 2.31. The highest BCUT2D eigenvalue weighted by molar-refractivity contribution is 6.10. The van der Waals surface area contributed by atoms with Crippen LogP contribution in [0, 0.1) is 6.92 Å². The Morgan fingerprint density at radius 1 is 0.424 bits per heavy atom. The summed E-state index contributed by atoms with van der Waals surface area (Å²) in [5.41, 5.74) is 14.1. The van der Waals surface area contributed by atoms with Gasteiger partial charge < -0.3 is 28.4 Å². The molecule has 6 heteroatoms. The van der Waals surface area contributed by atoms with E-state index in [-0.39, 0.29) is 5.92 Å². The fourth-order valence-corrected chi connectivity index (χ4v) is 9.23. The van der Waals surface area contributed by atoms with Crippen molar-refractivity contribution in [1.29, 1.82) is 0 Å². The number of hydrogen-bond acceptors (Lipinski definition) is 5. The van der Waals surface area contributed by atoms with Crippen LogP contribution in [0.2, 0.25) is 0 Å². The van der Waals surface area contributed by atoms with Gasteiger partial charge in [0.25, 0.3) is 0 Å². The quantitative estimate of drug-likeness (QED) is 0.0673. The Kier molecular flexibility index (Phi) is 13.9. The van der Waals surface area contributed by atoms with Gasteiger partial charge in [-0.25, -0.2) is 0 Å². The molecular formula is C60H64N2O4. The van der Waals surface area contributed by atoms with E-state index < -0.39 is 0 Å². The van der Waals surface area contributed by atoms with Crippen molar-refractivity contribution in [1.82, 2.24) is 4.57 Å². The zero-order valence-corrected chi connectivity index (χ0v) is 39.4. The van der Waals surface area contributed by atoms with E-state index in [0.717, 1.165) is 132 Å². The first-order chi connectivity index (χ1) is 32.5. The topological polar surface area (TPSA) is 45.1 Å². The molecule has 0 radical (unpaired) electrons. The lowest BCUT2D eigenvalue weighted by Gasteiger charge is -2.26. The average molecular weight is 877 g/mol. The Bertz CT molecular complexity index is 2750. The Morgan fingerprint density at radius 3 is 1.23 bits per heavy atom. The largest absolute Gasteiger partial charge is 0.494 e. The number of benzene rings is 7. The van der Waals surface area contributed by atoms with Gasteiger partial charge in [0.2, 0.25) is 0 Å². The molecule has 9 rings (SSSR count). The van der Waals surface area contributed by atoms with E-state index in [1.807, 2.05) is 0 Å². The fourth-order valence-electron chi connectivity index (χ4n) is 9.23. The molecule has 0 bridgehead atoms. The second-order valence-electron chi connectivity index (χ2n) is 17.7. The van der Waals surface area contributed by atoms with Crippen LogP contribution < -0.4 is 23.8 Å². The van der Waals surface area contributed by atoms with Crippen molar-refractivity contribution >= 4 is 38.9 Å². The molecule has 66 heavy (non-hydrogen) atoms. The maximum absolute atomic E-state index is 6.23. The van der Waals surface area contributed by atoms with Crippen LogP contribution in [0.5, 0.6) is 23.0 Å². The Labute approximate surface area is 391 Å². The van der Waals surface area contributed by atoms with Crippen LogP contribution in [-0.4, -0.2) is 31.0 Å². The van der Waals surface area contributed by atoms with Gasteiger partial charge in [0, 0.05) is 39.4 Å². The highest BCUT2D eigenvalue weighted by Crippen LogP contribution is 2.51. The van der Waals surface area contributed by atoms with Gasteiger partial charge in [0.1, 0.15) is 23.0 Å². The maximum Gasteiger partial charge on any atom is 0.120 e.